The quantitative estimate of drug-likeness (QED) is 0.798. The van der Waals surface area contributed by atoms with Crippen LogP contribution >= 0.6 is 0 Å². The number of halogens is 3. The minimum absolute atomic E-state index is 0.136. The van der Waals surface area contributed by atoms with E-state index in [-0.39, 0.29) is 17.9 Å². The van der Waals surface area contributed by atoms with Crippen LogP contribution in [0.25, 0.3) is 0 Å². The highest BCUT2D eigenvalue weighted by Crippen LogP contribution is 2.51. The SMILES string of the molecule is CC(C)(C)OC(=O)Nc1ccc(F)c([C@]23COC[C@@]2(F)C[C@@](C)(F)C(=O)N3)c1. The molecule has 0 bridgehead atoms. The monoisotopic (exact) mass is 400 g/mol. The Hall–Kier alpha value is -2.29. The number of alkyl halides is 2. The molecule has 2 N–H and O–H groups in total. The molecular formula is C19H23F3N2O4. The van der Waals surface area contributed by atoms with Crippen LogP contribution in [0.2, 0.25) is 0 Å². The van der Waals surface area contributed by atoms with Gasteiger partial charge >= 0.3 is 6.09 Å². The van der Waals surface area contributed by atoms with Gasteiger partial charge in [0.25, 0.3) is 5.91 Å². The summed E-state index contributed by atoms with van der Waals surface area (Å²) in [6, 6.07) is 3.51. The summed E-state index contributed by atoms with van der Waals surface area (Å²) in [5, 5.41) is 4.74. The van der Waals surface area contributed by atoms with Crippen LogP contribution in [-0.2, 0) is 19.8 Å². The third-order valence-corrected chi connectivity index (χ3v) is 4.90. The van der Waals surface area contributed by atoms with Gasteiger partial charge in [0.1, 0.15) is 17.0 Å². The van der Waals surface area contributed by atoms with Crippen molar-refractivity contribution in [2.45, 2.75) is 56.6 Å². The van der Waals surface area contributed by atoms with E-state index >= 15 is 4.39 Å². The largest absolute Gasteiger partial charge is 0.444 e. The molecular weight excluding hydrogens is 377 g/mol. The Bertz CT molecular complexity index is 824. The average Bonchev–Trinajstić information content (AvgIpc) is 2.83. The maximum atomic E-state index is 15.7. The van der Waals surface area contributed by atoms with E-state index in [0.29, 0.717) is 0 Å². The lowest BCUT2D eigenvalue weighted by molar-refractivity contribution is -0.147. The molecule has 0 aromatic heterocycles. The normalized spacial score (nSPS) is 32.5. The topological polar surface area (TPSA) is 76.7 Å². The molecule has 154 valence electrons. The van der Waals surface area contributed by atoms with E-state index in [1.807, 2.05) is 0 Å². The molecule has 0 spiro atoms. The van der Waals surface area contributed by atoms with Crippen molar-refractivity contribution in [2.75, 3.05) is 18.5 Å². The molecule has 2 saturated heterocycles. The van der Waals surface area contributed by atoms with E-state index in [2.05, 4.69) is 10.6 Å². The van der Waals surface area contributed by atoms with Crippen LogP contribution in [0.5, 0.6) is 0 Å². The fraction of sp³-hybridized carbons (Fsp3) is 0.579. The Kier molecular flexibility index (Phi) is 4.65. The predicted molar refractivity (Wildman–Crippen MR) is 94.9 cm³/mol. The van der Waals surface area contributed by atoms with Crippen molar-refractivity contribution in [3.63, 3.8) is 0 Å². The highest BCUT2D eigenvalue weighted by molar-refractivity contribution is 5.88. The number of hydrogen-bond donors (Lipinski definition) is 2. The molecule has 0 radical (unpaired) electrons. The second kappa shape index (κ2) is 6.37. The number of carbonyl (C=O) groups excluding carboxylic acids is 2. The number of hydrogen-bond acceptors (Lipinski definition) is 4. The van der Waals surface area contributed by atoms with Crippen molar-refractivity contribution < 1.29 is 32.2 Å². The first-order chi connectivity index (χ1) is 12.8. The number of ether oxygens (including phenoxy) is 2. The second-order valence-corrected chi connectivity index (χ2v) is 8.51. The van der Waals surface area contributed by atoms with Crippen LogP contribution in [-0.4, -0.2) is 42.2 Å². The fourth-order valence-electron chi connectivity index (χ4n) is 3.64. The van der Waals surface area contributed by atoms with Gasteiger partial charge in [-0.25, -0.2) is 18.0 Å². The zero-order chi connectivity index (χ0) is 21.0. The molecule has 1 aromatic rings. The van der Waals surface area contributed by atoms with Gasteiger partial charge in [-0.3, -0.25) is 10.1 Å². The van der Waals surface area contributed by atoms with Gasteiger partial charge in [-0.15, -0.1) is 0 Å². The summed E-state index contributed by atoms with van der Waals surface area (Å²) in [5.41, 5.74) is -7.54. The number of amides is 2. The fourth-order valence-corrected chi connectivity index (χ4v) is 3.64. The van der Waals surface area contributed by atoms with Crippen LogP contribution in [0.15, 0.2) is 18.2 Å². The minimum atomic E-state index is -2.45. The first kappa shape index (κ1) is 20.4. The summed E-state index contributed by atoms with van der Waals surface area (Å²) in [4.78, 5) is 24.2. The highest BCUT2D eigenvalue weighted by Gasteiger charge is 2.67. The lowest BCUT2D eigenvalue weighted by Crippen LogP contribution is -2.69. The van der Waals surface area contributed by atoms with Crippen molar-refractivity contribution in [3.05, 3.63) is 29.6 Å². The highest BCUT2D eigenvalue weighted by atomic mass is 19.2. The van der Waals surface area contributed by atoms with Gasteiger partial charge in [0.15, 0.2) is 11.3 Å². The molecule has 0 unspecified atom stereocenters. The number of nitrogens with one attached hydrogen (secondary N) is 2. The molecule has 1 aromatic carbocycles. The number of anilines is 1. The molecule has 0 aliphatic carbocycles. The van der Waals surface area contributed by atoms with Gasteiger partial charge in [0.2, 0.25) is 0 Å². The van der Waals surface area contributed by atoms with Gasteiger partial charge < -0.3 is 14.8 Å². The molecule has 9 heteroatoms. The van der Waals surface area contributed by atoms with Crippen molar-refractivity contribution in [1.29, 1.82) is 0 Å². The van der Waals surface area contributed by atoms with E-state index in [0.717, 1.165) is 13.0 Å². The molecule has 2 aliphatic heterocycles. The van der Waals surface area contributed by atoms with Crippen LogP contribution < -0.4 is 10.6 Å². The summed E-state index contributed by atoms with van der Waals surface area (Å²) in [5.74, 6) is -1.86. The molecule has 28 heavy (non-hydrogen) atoms. The standard InChI is InChI=1S/C19H23F3N2O4/c1-16(2,3)28-15(26)23-11-5-6-13(20)12(7-11)19-10-27-9-18(19,22)8-17(4,21)14(25)24-19/h5-7H,8-10H2,1-4H3,(H,23,26)(H,24,25)/t17-,18+,19-/m1/s1. The van der Waals surface area contributed by atoms with Crippen molar-refractivity contribution in [3.8, 4) is 0 Å². The Morgan fingerprint density at radius 3 is 2.61 bits per heavy atom. The predicted octanol–water partition coefficient (Wildman–Crippen LogP) is 3.35. The van der Waals surface area contributed by atoms with Crippen LogP contribution in [0, 0.1) is 5.82 Å². The van der Waals surface area contributed by atoms with Gasteiger partial charge in [-0.1, -0.05) is 0 Å². The van der Waals surface area contributed by atoms with Gasteiger partial charge in [0.05, 0.1) is 13.2 Å². The molecule has 2 amide bonds. The molecule has 2 heterocycles. The molecule has 2 fully saturated rings. The zero-order valence-electron chi connectivity index (χ0n) is 16.1. The number of fused-ring (bicyclic) bond motifs is 1. The van der Waals surface area contributed by atoms with Crippen molar-refractivity contribution in [1.82, 2.24) is 5.32 Å². The summed E-state index contributed by atoms with van der Waals surface area (Å²) < 4.78 is 55.2. The second-order valence-electron chi connectivity index (χ2n) is 8.51. The molecule has 2 aliphatic rings. The van der Waals surface area contributed by atoms with E-state index < -0.39 is 53.3 Å². The Balaban J connectivity index is 1.98. The smallest absolute Gasteiger partial charge is 0.412 e. The summed E-state index contributed by atoms with van der Waals surface area (Å²) >= 11 is 0. The third-order valence-electron chi connectivity index (χ3n) is 4.90. The number of rotatable bonds is 2. The number of carbonyl (C=O) groups is 2. The lowest BCUT2D eigenvalue weighted by atomic mass is 9.69. The summed E-state index contributed by atoms with van der Waals surface area (Å²) in [6.07, 6.45) is -1.55. The van der Waals surface area contributed by atoms with Gasteiger partial charge in [-0.2, -0.15) is 0 Å². The van der Waals surface area contributed by atoms with E-state index in [1.165, 1.54) is 12.1 Å². The molecule has 3 atom stereocenters. The van der Waals surface area contributed by atoms with Crippen molar-refractivity contribution in [2.24, 2.45) is 0 Å². The Morgan fingerprint density at radius 1 is 1.29 bits per heavy atom. The van der Waals surface area contributed by atoms with Crippen LogP contribution in [0.3, 0.4) is 0 Å². The third kappa shape index (κ3) is 3.43. The maximum Gasteiger partial charge on any atom is 0.412 e. The molecule has 0 saturated carbocycles. The first-order valence-electron chi connectivity index (χ1n) is 8.86. The molecule has 6 nitrogen and oxygen atoms in total. The maximum absolute atomic E-state index is 15.7. The number of benzene rings is 1. The summed E-state index contributed by atoms with van der Waals surface area (Å²) in [7, 11) is 0. The van der Waals surface area contributed by atoms with Crippen LogP contribution in [0.4, 0.5) is 23.7 Å². The van der Waals surface area contributed by atoms with E-state index in [4.69, 9.17) is 9.47 Å². The number of piperidine rings is 1. The van der Waals surface area contributed by atoms with E-state index in [9.17, 15) is 18.4 Å². The Morgan fingerprint density at radius 2 is 1.96 bits per heavy atom. The molecule has 3 rings (SSSR count). The Labute approximate surface area is 160 Å². The minimum Gasteiger partial charge on any atom is -0.444 e. The first-order valence-corrected chi connectivity index (χ1v) is 8.86. The summed E-state index contributed by atoms with van der Waals surface area (Å²) in [6.45, 7) is 5.16. The van der Waals surface area contributed by atoms with Gasteiger partial charge in [-0.05, 0) is 45.9 Å². The zero-order valence-corrected chi connectivity index (χ0v) is 16.1. The lowest BCUT2D eigenvalue weighted by Gasteiger charge is -2.47. The van der Waals surface area contributed by atoms with Gasteiger partial charge in [0, 0.05) is 17.7 Å². The van der Waals surface area contributed by atoms with Crippen LogP contribution in [0.1, 0.15) is 39.7 Å². The van der Waals surface area contributed by atoms with E-state index in [1.54, 1.807) is 20.8 Å². The van der Waals surface area contributed by atoms with Crippen molar-refractivity contribution >= 4 is 17.7 Å². The average molecular weight is 400 g/mol.